The van der Waals surface area contributed by atoms with Crippen LogP contribution in [0.15, 0.2) is 126 Å². The number of aromatic nitrogens is 1. The van der Waals surface area contributed by atoms with E-state index in [1.54, 1.807) is 21.3 Å². The zero-order chi connectivity index (χ0) is 32.1. The Bertz CT molecular complexity index is 2710. The van der Waals surface area contributed by atoms with Crippen LogP contribution in [0.1, 0.15) is 27.7 Å². The molecule has 0 amide bonds. The van der Waals surface area contributed by atoms with Gasteiger partial charge < -0.3 is 18.7 Å². The smallest absolute Gasteiger partial charge is 0.334 e. The lowest BCUT2D eigenvalue weighted by atomic mass is 9.82. The molecule has 0 atom stereocenters. The third-order valence-corrected chi connectivity index (χ3v) is 10.2. The third-order valence-electron chi connectivity index (χ3n) is 10.2. The normalized spacial score (nSPS) is 12.9. The molecule has 0 bridgehead atoms. The number of rotatable bonds is 5. The largest absolute Gasteiger partial charge is 0.456 e. The van der Waals surface area contributed by atoms with Crippen molar-refractivity contribution in [1.29, 1.82) is 0 Å². The maximum absolute atomic E-state index is 10.7. The minimum absolute atomic E-state index is 0.760. The van der Waals surface area contributed by atoms with Crippen LogP contribution in [0.5, 0.6) is 0 Å². The van der Waals surface area contributed by atoms with Gasteiger partial charge in [-0.2, -0.15) is 0 Å². The summed E-state index contributed by atoms with van der Waals surface area (Å²) in [4.78, 5) is 0. The van der Waals surface area contributed by atoms with Gasteiger partial charge >= 0.3 is 7.48 Å². The van der Waals surface area contributed by atoms with E-state index in [-0.39, 0.29) is 0 Å². The molecule has 2 aromatic heterocycles. The van der Waals surface area contributed by atoms with Gasteiger partial charge in [-0.15, -0.1) is 0 Å². The summed E-state index contributed by atoms with van der Waals surface area (Å²) in [5, 5.41) is 22.3. The summed E-state index contributed by atoms with van der Waals surface area (Å²) in [6.45, 7) is 7.30. The van der Waals surface area contributed by atoms with Gasteiger partial charge in [0.2, 0.25) is 0 Å². The maximum atomic E-state index is 10.7. The van der Waals surface area contributed by atoms with Gasteiger partial charge in [0.05, 0.1) is 27.9 Å². The van der Waals surface area contributed by atoms with Crippen LogP contribution in [-0.4, -0.2) is 28.4 Å². The number of fused-ring (bicyclic) bond motifs is 11. The number of para-hydroxylation sites is 1. The molecule has 47 heavy (non-hydrogen) atoms. The Balaban J connectivity index is 1.37. The van der Waals surface area contributed by atoms with E-state index in [0.717, 1.165) is 43.9 Å². The second-order valence-corrected chi connectivity index (χ2v) is 13.7. The fourth-order valence-corrected chi connectivity index (χ4v) is 6.99. The summed E-state index contributed by atoms with van der Waals surface area (Å²) >= 11 is 0. The summed E-state index contributed by atoms with van der Waals surface area (Å²) in [5.74, 6) is 0. The van der Waals surface area contributed by atoms with Gasteiger partial charge in [0.1, 0.15) is 11.2 Å². The van der Waals surface area contributed by atoms with E-state index in [9.17, 15) is 5.11 Å². The van der Waals surface area contributed by atoms with Crippen molar-refractivity contribution in [3.05, 3.63) is 121 Å². The highest BCUT2D eigenvalue weighted by Gasteiger charge is 2.36. The molecule has 0 aliphatic rings. The van der Waals surface area contributed by atoms with E-state index in [2.05, 4.69) is 114 Å². The fraction of sp³-hybridized carbons (Fsp3) is 0.143. The molecule has 0 aliphatic heterocycles. The van der Waals surface area contributed by atoms with Gasteiger partial charge in [0.25, 0.3) is 0 Å². The Hall–Kier alpha value is -5.10. The topological polar surface area (TPSA) is 47.5 Å². The Morgan fingerprint density at radius 1 is 0.574 bits per heavy atom. The van der Waals surface area contributed by atoms with Gasteiger partial charge in [-0.1, -0.05) is 97.1 Å². The highest BCUT2D eigenvalue weighted by molar-refractivity contribution is 6.51. The molecule has 1 N–H and O–H groups in total. The van der Waals surface area contributed by atoms with Crippen LogP contribution in [0.3, 0.4) is 0 Å². The van der Waals surface area contributed by atoms with Crippen molar-refractivity contribution < 1.29 is 14.2 Å². The van der Waals surface area contributed by atoms with Crippen molar-refractivity contribution in [2.24, 2.45) is 0 Å². The minimum atomic E-state index is -1.03. The average Bonchev–Trinajstić information content (AvgIpc) is 3.61. The molecular weight excluding hydrogens is 577 g/mol. The maximum Gasteiger partial charge on any atom is 0.334 e. The zero-order valence-corrected chi connectivity index (χ0v) is 26.8. The lowest BCUT2D eigenvalue weighted by molar-refractivity contribution is -0.0893. The summed E-state index contributed by atoms with van der Waals surface area (Å²) in [6.07, 6.45) is 0. The molecule has 0 saturated heterocycles. The first kappa shape index (κ1) is 28.2. The SMILES string of the molecule is CC(C)(O)C(C)(C)O[B]c1cccc2c1oc1c3ccccc3c(-n3c4cc5ccccc5cc4c4c5ccccc5ccc43)cc21. The Kier molecular flexibility index (Phi) is 5.96. The van der Waals surface area contributed by atoms with Gasteiger partial charge in [0.15, 0.2) is 0 Å². The summed E-state index contributed by atoms with van der Waals surface area (Å²) < 4.78 is 15.3. The number of hydrogen-bond acceptors (Lipinski definition) is 3. The van der Waals surface area contributed by atoms with Crippen molar-refractivity contribution in [1.82, 2.24) is 4.57 Å². The molecule has 227 valence electrons. The van der Waals surface area contributed by atoms with E-state index in [1.807, 2.05) is 26.0 Å². The van der Waals surface area contributed by atoms with Crippen LogP contribution in [0, 0.1) is 0 Å². The average molecular weight is 611 g/mol. The van der Waals surface area contributed by atoms with Crippen LogP contribution in [0.25, 0.3) is 81.7 Å². The van der Waals surface area contributed by atoms with Crippen LogP contribution in [0.2, 0.25) is 0 Å². The minimum Gasteiger partial charge on any atom is -0.456 e. The van der Waals surface area contributed by atoms with Crippen LogP contribution in [-0.2, 0) is 4.65 Å². The highest BCUT2D eigenvalue weighted by atomic mass is 16.5. The first-order valence-electron chi connectivity index (χ1n) is 16.1. The first-order chi connectivity index (χ1) is 22.7. The van der Waals surface area contributed by atoms with E-state index >= 15 is 0 Å². The first-order valence-corrected chi connectivity index (χ1v) is 16.1. The fourth-order valence-electron chi connectivity index (χ4n) is 6.99. The summed E-state index contributed by atoms with van der Waals surface area (Å²) in [7, 11) is 1.72. The molecular formula is C42H33BNO3. The predicted molar refractivity (Wildman–Crippen MR) is 197 cm³/mol. The molecule has 5 heteroatoms. The van der Waals surface area contributed by atoms with Crippen molar-refractivity contribution in [3.63, 3.8) is 0 Å². The van der Waals surface area contributed by atoms with E-state index < -0.39 is 11.2 Å². The molecule has 4 nitrogen and oxygen atoms in total. The molecule has 2 heterocycles. The Morgan fingerprint density at radius 3 is 1.98 bits per heavy atom. The molecule has 0 fully saturated rings. The standard InChI is InChI=1S/C42H33BNO3/c1-41(2,45)42(3,4)47-43-34-19-11-18-31-32-24-37(29-16-9-10-17-30(29)39(32)46-40(31)34)44-35-21-20-25-12-7-8-15-28(25)38(35)33-22-26-13-5-6-14-27(26)23-36(33)44/h5-24,45H,1-4H3. The van der Waals surface area contributed by atoms with Crippen LogP contribution < -0.4 is 5.46 Å². The molecule has 7 aromatic carbocycles. The van der Waals surface area contributed by atoms with Gasteiger partial charge in [0, 0.05) is 32.3 Å². The van der Waals surface area contributed by atoms with Crippen molar-refractivity contribution >= 4 is 89.0 Å². The number of hydrogen-bond donors (Lipinski definition) is 1. The van der Waals surface area contributed by atoms with Gasteiger partial charge in [-0.3, -0.25) is 0 Å². The molecule has 0 spiro atoms. The van der Waals surface area contributed by atoms with Crippen LogP contribution >= 0.6 is 0 Å². The van der Waals surface area contributed by atoms with Gasteiger partial charge in [-0.25, -0.2) is 0 Å². The van der Waals surface area contributed by atoms with Crippen molar-refractivity contribution in [2.45, 2.75) is 38.9 Å². The van der Waals surface area contributed by atoms with Crippen molar-refractivity contribution in [3.8, 4) is 5.69 Å². The van der Waals surface area contributed by atoms with Crippen LogP contribution in [0.4, 0.5) is 0 Å². The molecule has 9 aromatic rings. The number of aliphatic hydroxyl groups is 1. The zero-order valence-electron chi connectivity index (χ0n) is 26.8. The second-order valence-electron chi connectivity index (χ2n) is 13.7. The highest BCUT2D eigenvalue weighted by Crippen LogP contribution is 2.43. The number of benzene rings is 7. The van der Waals surface area contributed by atoms with E-state index in [1.165, 1.54) is 43.4 Å². The van der Waals surface area contributed by atoms with E-state index in [4.69, 9.17) is 9.07 Å². The van der Waals surface area contributed by atoms with Gasteiger partial charge in [-0.05, 0) is 79.0 Å². The number of nitrogens with zero attached hydrogens (tertiary/aromatic N) is 1. The Morgan fingerprint density at radius 2 is 1.21 bits per heavy atom. The van der Waals surface area contributed by atoms with Crippen molar-refractivity contribution in [2.75, 3.05) is 0 Å². The van der Waals surface area contributed by atoms with E-state index in [0.29, 0.717) is 0 Å². The Labute approximate surface area is 273 Å². The second kappa shape index (κ2) is 9.95. The lowest BCUT2D eigenvalue weighted by Gasteiger charge is -2.37. The third kappa shape index (κ3) is 4.17. The monoisotopic (exact) mass is 610 g/mol. The molecule has 9 rings (SSSR count). The molecule has 0 aliphatic carbocycles. The molecule has 0 unspecified atom stereocenters. The quantitative estimate of drug-likeness (QED) is 0.197. The molecule has 0 saturated carbocycles. The lowest BCUT2D eigenvalue weighted by Crippen LogP contribution is -2.49. The summed E-state index contributed by atoms with van der Waals surface area (Å²) in [6, 6.07) is 43.4. The summed E-state index contributed by atoms with van der Waals surface area (Å²) in [5.41, 5.74) is 4.05. The number of furan rings is 1. The predicted octanol–water partition coefficient (Wildman–Crippen LogP) is 9.95. The molecule has 1 radical (unpaired) electrons.